The van der Waals surface area contributed by atoms with E-state index in [9.17, 15) is 4.79 Å². The van der Waals surface area contributed by atoms with E-state index in [0.29, 0.717) is 18.1 Å². The van der Waals surface area contributed by atoms with Crippen LogP contribution in [0.25, 0.3) is 0 Å². The lowest BCUT2D eigenvalue weighted by Crippen LogP contribution is -2.37. The van der Waals surface area contributed by atoms with Crippen LogP contribution in [0.5, 0.6) is 0 Å². The van der Waals surface area contributed by atoms with Gasteiger partial charge in [0.15, 0.2) is 0 Å². The summed E-state index contributed by atoms with van der Waals surface area (Å²) in [7, 11) is 0. The lowest BCUT2D eigenvalue weighted by atomic mass is 10.1. The number of benzene rings is 2. The second-order valence-electron chi connectivity index (χ2n) is 6.59. The van der Waals surface area contributed by atoms with Crippen molar-refractivity contribution in [3.63, 3.8) is 0 Å². The van der Waals surface area contributed by atoms with Crippen LogP contribution in [0.4, 0.5) is 5.69 Å². The number of rotatable bonds is 4. The van der Waals surface area contributed by atoms with Crippen molar-refractivity contribution < 1.29 is 9.53 Å². The topological polar surface area (TPSA) is 62.7 Å². The molecule has 1 amide bonds. The van der Waals surface area contributed by atoms with Crippen molar-refractivity contribution in [1.82, 2.24) is 5.32 Å². The molecule has 1 aliphatic heterocycles. The van der Waals surface area contributed by atoms with Gasteiger partial charge in [-0.05, 0) is 50.5 Å². The fourth-order valence-electron chi connectivity index (χ4n) is 2.90. The molecule has 2 aromatic rings. The quantitative estimate of drug-likeness (QED) is 0.652. The van der Waals surface area contributed by atoms with Gasteiger partial charge in [-0.15, -0.1) is 0 Å². The zero-order chi connectivity index (χ0) is 18.4. The molecule has 2 aromatic carbocycles. The van der Waals surface area contributed by atoms with Gasteiger partial charge in [0, 0.05) is 17.9 Å². The van der Waals surface area contributed by atoms with E-state index in [2.05, 4.69) is 15.6 Å². The van der Waals surface area contributed by atoms with Gasteiger partial charge in [-0.1, -0.05) is 35.9 Å². The summed E-state index contributed by atoms with van der Waals surface area (Å²) in [4.78, 5) is 17.2. The van der Waals surface area contributed by atoms with Crippen molar-refractivity contribution in [2.45, 2.75) is 32.8 Å². The molecule has 136 valence electrons. The molecule has 0 spiro atoms. The number of nitrogens with zero attached hydrogens (tertiary/aromatic N) is 1. The van der Waals surface area contributed by atoms with Crippen LogP contribution in [0.1, 0.15) is 34.3 Å². The first-order chi connectivity index (χ1) is 12.6. The molecule has 0 saturated carbocycles. The van der Waals surface area contributed by atoms with Crippen LogP contribution >= 0.6 is 0 Å². The van der Waals surface area contributed by atoms with Crippen molar-refractivity contribution in [1.29, 1.82) is 0 Å². The van der Waals surface area contributed by atoms with E-state index in [4.69, 9.17) is 4.74 Å². The summed E-state index contributed by atoms with van der Waals surface area (Å²) in [5.74, 6) is 0.266. The van der Waals surface area contributed by atoms with Crippen LogP contribution in [-0.2, 0) is 4.74 Å². The van der Waals surface area contributed by atoms with Crippen LogP contribution < -0.4 is 10.6 Å². The average Bonchev–Trinajstić information content (AvgIpc) is 3.15. The largest absolute Gasteiger partial charge is 0.376 e. The second-order valence-corrected chi connectivity index (χ2v) is 6.59. The van der Waals surface area contributed by atoms with Gasteiger partial charge in [0.25, 0.3) is 5.91 Å². The number of hydrogen-bond donors (Lipinski definition) is 2. The van der Waals surface area contributed by atoms with Crippen LogP contribution in [0.3, 0.4) is 0 Å². The minimum atomic E-state index is -0.180. The van der Waals surface area contributed by atoms with Crippen LogP contribution in [0, 0.1) is 13.8 Å². The number of nitrogens with one attached hydrogen (secondary N) is 2. The number of ether oxygens (including phenoxy) is 1. The minimum Gasteiger partial charge on any atom is -0.376 e. The highest BCUT2D eigenvalue weighted by molar-refractivity contribution is 6.10. The molecule has 0 bridgehead atoms. The van der Waals surface area contributed by atoms with Crippen molar-refractivity contribution >= 4 is 17.6 Å². The van der Waals surface area contributed by atoms with E-state index in [-0.39, 0.29) is 12.0 Å². The Morgan fingerprint density at radius 1 is 1.19 bits per heavy atom. The zero-order valence-electron chi connectivity index (χ0n) is 15.3. The summed E-state index contributed by atoms with van der Waals surface area (Å²) in [5, 5.41) is 6.15. The summed E-state index contributed by atoms with van der Waals surface area (Å²) in [5.41, 5.74) is 3.66. The SMILES string of the molecule is Cc1cccc(C(=O)NC(=NC[C@H]2CCCO2)Nc2ccccc2C)c1. The van der Waals surface area contributed by atoms with Gasteiger partial charge < -0.3 is 10.1 Å². The highest BCUT2D eigenvalue weighted by atomic mass is 16.5. The molecule has 1 aliphatic rings. The van der Waals surface area contributed by atoms with Crippen molar-refractivity contribution in [2.75, 3.05) is 18.5 Å². The monoisotopic (exact) mass is 351 g/mol. The van der Waals surface area contributed by atoms with Gasteiger partial charge in [-0.2, -0.15) is 0 Å². The van der Waals surface area contributed by atoms with Gasteiger partial charge >= 0.3 is 0 Å². The molecule has 0 unspecified atom stereocenters. The standard InChI is InChI=1S/C21H25N3O2/c1-15-7-5-9-17(13-15)20(25)24-21(22-14-18-10-6-12-26-18)23-19-11-4-3-8-16(19)2/h3-5,7-9,11,13,18H,6,10,12,14H2,1-2H3,(H2,22,23,24,25)/t18-/m1/s1. The molecule has 2 N–H and O–H groups in total. The lowest BCUT2D eigenvalue weighted by molar-refractivity contribution is 0.0975. The van der Waals surface area contributed by atoms with Crippen LogP contribution in [0.15, 0.2) is 53.5 Å². The third kappa shape index (κ3) is 4.92. The Morgan fingerprint density at radius 3 is 2.77 bits per heavy atom. The highest BCUT2D eigenvalue weighted by Crippen LogP contribution is 2.15. The molecule has 1 heterocycles. The average molecular weight is 351 g/mol. The highest BCUT2D eigenvalue weighted by Gasteiger charge is 2.16. The third-order valence-corrected chi connectivity index (χ3v) is 4.39. The Balaban J connectivity index is 1.76. The van der Waals surface area contributed by atoms with Crippen molar-refractivity contribution in [3.8, 4) is 0 Å². The Labute approximate surface area is 154 Å². The van der Waals surface area contributed by atoms with Crippen LogP contribution in [-0.4, -0.2) is 31.1 Å². The second kappa shape index (κ2) is 8.63. The summed E-state index contributed by atoms with van der Waals surface area (Å²) in [6, 6.07) is 15.4. The summed E-state index contributed by atoms with van der Waals surface area (Å²) >= 11 is 0. The Hall–Kier alpha value is -2.66. The predicted octanol–water partition coefficient (Wildman–Crippen LogP) is 3.68. The normalized spacial score (nSPS) is 17.2. The maximum atomic E-state index is 12.6. The number of carbonyl (C=O) groups excluding carboxylic acids is 1. The third-order valence-electron chi connectivity index (χ3n) is 4.39. The van der Waals surface area contributed by atoms with Crippen LogP contribution in [0.2, 0.25) is 0 Å². The summed E-state index contributed by atoms with van der Waals surface area (Å²) < 4.78 is 5.64. The molecule has 5 heteroatoms. The summed E-state index contributed by atoms with van der Waals surface area (Å²) in [6.45, 7) is 5.30. The molecule has 3 rings (SSSR count). The number of aryl methyl sites for hydroxylation is 2. The zero-order valence-corrected chi connectivity index (χ0v) is 15.3. The number of amides is 1. The van der Waals surface area contributed by atoms with Crippen molar-refractivity contribution in [3.05, 3.63) is 65.2 Å². The Bertz CT molecular complexity index is 795. The first kappa shape index (κ1) is 18.1. The van der Waals surface area contributed by atoms with E-state index in [1.165, 1.54) is 0 Å². The summed E-state index contributed by atoms with van der Waals surface area (Å²) in [6.07, 6.45) is 2.20. The first-order valence-corrected chi connectivity index (χ1v) is 8.98. The molecular weight excluding hydrogens is 326 g/mol. The molecule has 0 aliphatic carbocycles. The van der Waals surface area contributed by atoms with E-state index in [1.54, 1.807) is 6.07 Å². The van der Waals surface area contributed by atoms with Crippen molar-refractivity contribution in [2.24, 2.45) is 4.99 Å². The Morgan fingerprint density at radius 2 is 2.04 bits per heavy atom. The maximum Gasteiger partial charge on any atom is 0.257 e. The molecule has 1 saturated heterocycles. The van der Waals surface area contributed by atoms with Gasteiger partial charge in [0.05, 0.1) is 12.6 Å². The van der Waals surface area contributed by atoms with Gasteiger partial charge in [-0.3, -0.25) is 10.1 Å². The number of carbonyl (C=O) groups is 1. The number of anilines is 1. The molecule has 26 heavy (non-hydrogen) atoms. The predicted molar refractivity (Wildman–Crippen MR) is 105 cm³/mol. The number of aliphatic imine (C=N–C) groups is 1. The minimum absolute atomic E-state index is 0.125. The van der Waals surface area contributed by atoms with E-state index in [1.807, 2.05) is 56.3 Å². The number of guanidine groups is 1. The van der Waals surface area contributed by atoms with E-state index < -0.39 is 0 Å². The molecule has 5 nitrogen and oxygen atoms in total. The van der Waals surface area contributed by atoms with E-state index in [0.717, 1.165) is 36.3 Å². The van der Waals surface area contributed by atoms with E-state index >= 15 is 0 Å². The fourth-order valence-corrected chi connectivity index (χ4v) is 2.90. The molecule has 0 radical (unpaired) electrons. The first-order valence-electron chi connectivity index (χ1n) is 8.98. The fraction of sp³-hybridized carbons (Fsp3) is 0.333. The van der Waals surface area contributed by atoms with Gasteiger partial charge in [-0.25, -0.2) is 4.99 Å². The molecule has 1 atom stereocenters. The molecule has 1 fully saturated rings. The Kier molecular flexibility index (Phi) is 6.02. The number of para-hydroxylation sites is 1. The molecular formula is C21H25N3O2. The number of hydrogen-bond acceptors (Lipinski definition) is 3. The van der Waals surface area contributed by atoms with Gasteiger partial charge in [0.2, 0.25) is 5.96 Å². The lowest BCUT2D eigenvalue weighted by Gasteiger charge is -2.15. The maximum absolute atomic E-state index is 12.6. The molecule has 0 aromatic heterocycles. The van der Waals surface area contributed by atoms with Gasteiger partial charge in [0.1, 0.15) is 0 Å². The smallest absolute Gasteiger partial charge is 0.257 e.